The summed E-state index contributed by atoms with van der Waals surface area (Å²) in [7, 11) is 3.19. The second-order valence-electron chi connectivity index (χ2n) is 4.63. The number of carbonyl (C=O) groups is 1. The van der Waals surface area contributed by atoms with Crippen molar-refractivity contribution in [2.75, 3.05) is 14.2 Å². The smallest absolute Gasteiger partial charge is 0.186 e. The van der Waals surface area contributed by atoms with Crippen LogP contribution in [0.2, 0.25) is 0 Å². The Balaban J connectivity index is 2.23. The first kappa shape index (κ1) is 15.6. The molecule has 22 heavy (non-hydrogen) atoms. The topological polar surface area (TPSA) is 35.5 Å². The molecule has 0 aromatic heterocycles. The minimum Gasteiger partial charge on any atom is -0.497 e. The van der Waals surface area contributed by atoms with E-state index in [0.29, 0.717) is 11.3 Å². The quantitative estimate of drug-likeness (QED) is 0.590. The predicted octanol–water partition coefficient (Wildman–Crippen LogP) is 4.24. The van der Waals surface area contributed by atoms with Gasteiger partial charge in [-0.3, -0.25) is 4.79 Å². The molecule has 2 aromatic rings. The van der Waals surface area contributed by atoms with Crippen molar-refractivity contribution in [2.45, 2.75) is 0 Å². The van der Waals surface area contributed by atoms with Gasteiger partial charge in [0.25, 0.3) is 0 Å². The van der Waals surface area contributed by atoms with Crippen LogP contribution in [0.15, 0.2) is 55.1 Å². The first-order chi connectivity index (χ1) is 10.7. The van der Waals surface area contributed by atoms with Crippen molar-refractivity contribution < 1.29 is 14.3 Å². The van der Waals surface area contributed by atoms with Gasteiger partial charge < -0.3 is 9.47 Å². The molecule has 0 radical (unpaired) electrons. The lowest BCUT2D eigenvalue weighted by molar-refractivity contribution is 0.104. The van der Waals surface area contributed by atoms with Gasteiger partial charge in [0.2, 0.25) is 0 Å². The van der Waals surface area contributed by atoms with Crippen molar-refractivity contribution in [3.05, 3.63) is 71.8 Å². The number of allylic oxidation sites excluding steroid dienone is 1. The van der Waals surface area contributed by atoms with E-state index in [1.807, 2.05) is 30.3 Å². The van der Waals surface area contributed by atoms with Gasteiger partial charge in [0.05, 0.1) is 14.2 Å². The van der Waals surface area contributed by atoms with E-state index >= 15 is 0 Å². The first-order valence-electron chi connectivity index (χ1n) is 6.85. The number of rotatable bonds is 6. The molecule has 3 nitrogen and oxygen atoms in total. The zero-order valence-corrected chi connectivity index (χ0v) is 12.7. The predicted molar refractivity (Wildman–Crippen MR) is 89.4 cm³/mol. The van der Waals surface area contributed by atoms with Gasteiger partial charge in [0.15, 0.2) is 5.78 Å². The lowest BCUT2D eigenvalue weighted by Gasteiger charge is -2.06. The lowest BCUT2D eigenvalue weighted by Crippen LogP contribution is -1.98. The number of benzene rings is 2. The summed E-state index contributed by atoms with van der Waals surface area (Å²) in [5, 5.41) is 0. The molecule has 0 bridgehead atoms. The third kappa shape index (κ3) is 3.64. The third-order valence-electron chi connectivity index (χ3n) is 3.29. The molecule has 2 rings (SSSR count). The number of methoxy groups -OCH3 is 2. The van der Waals surface area contributed by atoms with Crippen LogP contribution in [-0.4, -0.2) is 20.0 Å². The molecule has 0 N–H and O–H groups in total. The Morgan fingerprint density at radius 1 is 1.00 bits per heavy atom. The van der Waals surface area contributed by atoms with Crippen LogP contribution in [-0.2, 0) is 0 Å². The molecule has 0 saturated heterocycles. The van der Waals surface area contributed by atoms with Crippen LogP contribution in [0.3, 0.4) is 0 Å². The van der Waals surface area contributed by atoms with Gasteiger partial charge in [-0.05, 0) is 41.5 Å². The third-order valence-corrected chi connectivity index (χ3v) is 3.29. The second kappa shape index (κ2) is 7.27. The highest BCUT2D eigenvalue weighted by molar-refractivity contribution is 6.09. The average Bonchev–Trinajstić information content (AvgIpc) is 2.59. The Morgan fingerprint density at radius 2 is 1.64 bits per heavy atom. The summed E-state index contributed by atoms with van der Waals surface area (Å²) in [5.74, 6) is 1.33. The Hall–Kier alpha value is -2.81. The molecule has 0 fully saturated rings. The van der Waals surface area contributed by atoms with E-state index in [4.69, 9.17) is 9.47 Å². The maximum Gasteiger partial charge on any atom is 0.186 e. The van der Waals surface area contributed by atoms with Gasteiger partial charge in [-0.1, -0.05) is 36.9 Å². The SMILES string of the molecule is C=Cc1ccc(OC)cc1C(=O)C=Cc1ccc(OC)cc1. The van der Waals surface area contributed by atoms with Crippen molar-refractivity contribution in [2.24, 2.45) is 0 Å². The lowest BCUT2D eigenvalue weighted by atomic mass is 10.0. The standard InChI is InChI=1S/C19H18O3/c1-4-15-8-11-17(22-3)13-18(15)19(20)12-7-14-5-9-16(21-2)10-6-14/h4-13H,1H2,2-3H3. The molecule has 0 unspecified atom stereocenters. The first-order valence-corrected chi connectivity index (χ1v) is 6.85. The molecular formula is C19H18O3. The minimum absolute atomic E-state index is 0.0929. The van der Waals surface area contributed by atoms with E-state index in [1.54, 1.807) is 44.6 Å². The maximum atomic E-state index is 12.4. The summed E-state index contributed by atoms with van der Waals surface area (Å²) in [4.78, 5) is 12.4. The van der Waals surface area contributed by atoms with E-state index in [-0.39, 0.29) is 5.78 Å². The summed E-state index contributed by atoms with van der Waals surface area (Å²) in [6, 6.07) is 12.8. The average molecular weight is 294 g/mol. The Morgan fingerprint density at radius 3 is 2.23 bits per heavy atom. The van der Waals surface area contributed by atoms with E-state index in [9.17, 15) is 4.79 Å². The van der Waals surface area contributed by atoms with Crippen molar-refractivity contribution in [3.8, 4) is 11.5 Å². The molecule has 112 valence electrons. The highest BCUT2D eigenvalue weighted by Crippen LogP contribution is 2.20. The van der Waals surface area contributed by atoms with Gasteiger partial charge in [0, 0.05) is 5.56 Å². The molecule has 0 aliphatic rings. The molecule has 0 aliphatic heterocycles. The molecule has 0 amide bonds. The van der Waals surface area contributed by atoms with Crippen molar-refractivity contribution in [1.29, 1.82) is 0 Å². The summed E-state index contributed by atoms with van der Waals surface area (Å²) < 4.78 is 10.3. The zero-order chi connectivity index (χ0) is 15.9. The molecule has 0 heterocycles. The fraction of sp³-hybridized carbons (Fsp3) is 0.105. The Kier molecular flexibility index (Phi) is 5.15. The molecule has 2 aromatic carbocycles. The van der Waals surface area contributed by atoms with Gasteiger partial charge in [-0.15, -0.1) is 0 Å². The molecular weight excluding hydrogens is 276 g/mol. The van der Waals surface area contributed by atoms with E-state index < -0.39 is 0 Å². The van der Waals surface area contributed by atoms with Crippen LogP contribution in [0.25, 0.3) is 12.2 Å². The molecule has 0 aliphatic carbocycles. The largest absolute Gasteiger partial charge is 0.497 e. The van der Waals surface area contributed by atoms with Gasteiger partial charge >= 0.3 is 0 Å². The van der Waals surface area contributed by atoms with Crippen molar-refractivity contribution in [1.82, 2.24) is 0 Å². The Bertz CT molecular complexity index is 697. The van der Waals surface area contributed by atoms with Gasteiger partial charge in [-0.25, -0.2) is 0 Å². The summed E-state index contributed by atoms with van der Waals surface area (Å²) in [6.07, 6.45) is 4.98. The normalized spacial score (nSPS) is 10.5. The molecule has 0 spiro atoms. The fourth-order valence-corrected chi connectivity index (χ4v) is 2.03. The molecule has 3 heteroatoms. The van der Waals surface area contributed by atoms with E-state index in [1.165, 1.54) is 0 Å². The van der Waals surface area contributed by atoms with E-state index in [0.717, 1.165) is 16.9 Å². The highest BCUT2D eigenvalue weighted by atomic mass is 16.5. The maximum absolute atomic E-state index is 12.4. The van der Waals surface area contributed by atoms with Crippen LogP contribution in [0, 0.1) is 0 Å². The summed E-state index contributed by atoms with van der Waals surface area (Å²) in [6.45, 7) is 3.74. The number of ether oxygens (including phenoxy) is 2. The van der Waals surface area contributed by atoms with Crippen LogP contribution in [0.1, 0.15) is 21.5 Å². The minimum atomic E-state index is -0.0929. The zero-order valence-electron chi connectivity index (χ0n) is 12.7. The fourth-order valence-electron chi connectivity index (χ4n) is 2.03. The van der Waals surface area contributed by atoms with Crippen LogP contribution < -0.4 is 9.47 Å². The van der Waals surface area contributed by atoms with Crippen LogP contribution in [0.4, 0.5) is 0 Å². The Labute approximate surface area is 130 Å². The highest BCUT2D eigenvalue weighted by Gasteiger charge is 2.08. The van der Waals surface area contributed by atoms with Gasteiger partial charge in [-0.2, -0.15) is 0 Å². The molecule has 0 atom stereocenters. The molecule has 0 saturated carbocycles. The second-order valence-corrected chi connectivity index (χ2v) is 4.63. The number of ketones is 1. The van der Waals surface area contributed by atoms with E-state index in [2.05, 4.69) is 6.58 Å². The van der Waals surface area contributed by atoms with Crippen LogP contribution >= 0.6 is 0 Å². The summed E-state index contributed by atoms with van der Waals surface area (Å²) in [5.41, 5.74) is 2.28. The number of hydrogen-bond donors (Lipinski definition) is 0. The number of hydrogen-bond acceptors (Lipinski definition) is 3. The summed E-state index contributed by atoms with van der Waals surface area (Å²) >= 11 is 0. The van der Waals surface area contributed by atoms with Crippen LogP contribution in [0.5, 0.6) is 11.5 Å². The van der Waals surface area contributed by atoms with Crippen molar-refractivity contribution >= 4 is 17.9 Å². The van der Waals surface area contributed by atoms with Crippen molar-refractivity contribution in [3.63, 3.8) is 0 Å². The van der Waals surface area contributed by atoms with Gasteiger partial charge in [0.1, 0.15) is 11.5 Å². The number of carbonyl (C=O) groups excluding carboxylic acids is 1. The monoisotopic (exact) mass is 294 g/mol.